The lowest BCUT2D eigenvalue weighted by Gasteiger charge is -2.20. The molecule has 1 amide bonds. The van der Waals surface area contributed by atoms with Gasteiger partial charge in [-0.2, -0.15) is 0 Å². The molecule has 19 heavy (non-hydrogen) atoms. The summed E-state index contributed by atoms with van der Waals surface area (Å²) in [5.41, 5.74) is 1.80. The van der Waals surface area contributed by atoms with Gasteiger partial charge in [-0.3, -0.25) is 9.59 Å². The Bertz CT molecular complexity index is 486. The minimum absolute atomic E-state index is 0.0773. The van der Waals surface area contributed by atoms with Crippen LogP contribution in [0.2, 0.25) is 0 Å². The van der Waals surface area contributed by atoms with Crippen molar-refractivity contribution in [3.05, 3.63) is 29.8 Å². The van der Waals surface area contributed by atoms with Gasteiger partial charge in [0.1, 0.15) is 0 Å². The highest BCUT2D eigenvalue weighted by molar-refractivity contribution is 5.99. The van der Waals surface area contributed by atoms with Crippen LogP contribution < -0.4 is 4.90 Å². The molecule has 1 aromatic carbocycles. The number of carboxylic acids is 1. The molecule has 1 atom stereocenters. The van der Waals surface area contributed by atoms with E-state index in [-0.39, 0.29) is 18.9 Å². The van der Waals surface area contributed by atoms with Crippen LogP contribution in [0, 0.1) is 5.92 Å². The fraction of sp³-hybridized carbons (Fsp3) is 0.429. The fourth-order valence-corrected chi connectivity index (χ4v) is 2.30. The summed E-state index contributed by atoms with van der Waals surface area (Å²) in [6.07, 6.45) is 0.780. The van der Waals surface area contributed by atoms with Crippen LogP contribution in [0.4, 0.5) is 5.69 Å². The molecular formula is C14H17NO4. The van der Waals surface area contributed by atoms with Gasteiger partial charge in [0, 0.05) is 25.8 Å². The maximum Gasteiger partial charge on any atom is 0.308 e. The molecular weight excluding hydrogens is 246 g/mol. The molecule has 1 heterocycles. The van der Waals surface area contributed by atoms with E-state index in [9.17, 15) is 9.59 Å². The number of hydrogen-bond acceptors (Lipinski definition) is 3. The van der Waals surface area contributed by atoms with Crippen LogP contribution in [0.3, 0.4) is 0 Å². The first-order chi connectivity index (χ1) is 9.13. The first-order valence-corrected chi connectivity index (χ1v) is 6.23. The van der Waals surface area contributed by atoms with E-state index in [1.54, 1.807) is 12.0 Å². The number of methoxy groups -OCH3 is 1. The van der Waals surface area contributed by atoms with Gasteiger partial charge in [0.15, 0.2) is 0 Å². The maximum absolute atomic E-state index is 11.9. The molecule has 0 saturated carbocycles. The molecule has 5 heteroatoms. The van der Waals surface area contributed by atoms with E-state index in [2.05, 4.69) is 0 Å². The van der Waals surface area contributed by atoms with Gasteiger partial charge in [0.25, 0.3) is 0 Å². The highest BCUT2D eigenvalue weighted by Crippen LogP contribution is 2.28. The lowest BCUT2D eigenvalue weighted by atomic mass is 10.1. The molecule has 102 valence electrons. The normalized spacial score (nSPS) is 18.9. The van der Waals surface area contributed by atoms with Crippen molar-refractivity contribution in [3.63, 3.8) is 0 Å². The molecule has 0 aromatic heterocycles. The van der Waals surface area contributed by atoms with Gasteiger partial charge in [-0.1, -0.05) is 18.2 Å². The summed E-state index contributed by atoms with van der Waals surface area (Å²) in [6.45, 7) is 0.819. The van der Waals surface area contributed by atoms with Crippen molar-refractivity contribution < 1.29 is 19.4 Å². The van der Waals surface area contributed by atoms with E-state index in [0.717, 1.165) is 11.3 Å². The lowest BCUT2D eigenvalue weighted by molar-refractivity contribution is -0.141. The zero-order valence-electron chi connectivity index (χ0n) is 10.8. The average molecular weight is 263 g/mol. The van der Waals surface area contributed by atoms with E-state index >= 15 is 0 Å². The number of aliphatic carboxylic acids is 1. The molecule has 0 aliphatic carbocycles. The van der Waals surface area contributed by atoms with E-state index in [0.29, 0.717) is 13.0 Å². The van der Waals surface area contributed by atoms with Crippen molar-refractivity contribution >= 4 is 17.6 Å². The highest BCUT2D eigenvalue weighted by Gasteiger charge is 2.35. The highest BCUT2D eigenvalue weighted by atomic mass is 16.5. The third kappa shape index (κ3) is 2.93. The Balaban J connectivity index is 2.22. The number of carbonyl (C=O) groups excluding carboxylic acids is 1. The number of carbonyl (C=O) groups is 2. The summed E-state index contributed by atoms with van der Waals surface area (Å²) in [7, 11) is 1.63. The Morgan fingerprint density at radius 1 is 1.47 bits per heavy atom. The van der Waals surface area contributed by atoms with E-state index in [1.807, 2.05) is 24.3 Å². The predicted molar refractivity (Wildman–Crippen MR) is 70.1 cm³/mol. The summed E-state index contributed by atoms with van der Waals surface area (Å²) in [4.78, 5) is 24.5. The van der Waals surface area contributed by atoms with Crippen molar-refractivity contribution in [1.82, 2.24) is 0 Å². The Morgan fingerprint density at radius 3 is 2.84 bits per heavy atom. The van der Waals surface area contributed by atoms with E-state index in [4.69, 9.17) is 9.84 Å². The largest absolute Gasteiger partial charge is 0.481 e. The molecule has 0 bridgehead atoms. The molecule has 1 aliphatic heterocycles. The van der Waals surface area contributed by atoms with Gasteiger partial charge < -0.3 is 14.7 Å². The van der Waals surface area contributed by atoms with Crippen molar-refractivity contribution in [1.29, 1.82) is 0 Å². The lowest BCUT2D eigenvalue weighted by Crippen LogP contribution is -2.27. The number of anilines is 1. The molecule has 2 rings (SSSR count). The van der Waals surface area contributed by atoms with Crippen LogP contribution >= 0.6 is 0 Å². The summed E-state index contributed by atoms with van der Waals surface area (Å²) in [5, 5.41) is 9.01. The summed E-state index contributed by atoms with van der Waals surface area (Å²) in [6, 6.07) is 7.56. The average Bonchev–Trinajstić information content (AvgIpc) is 2.79. The minimum Gasteiger partial charge on any atom is -0.481 e. The van der Waals surface area contributed by atoms with Crippen LogP contribution in [-0.4, -0.2) is 37.2 Å². The van der Waals surface area contributed by atoms with Crippen LogP contribution in [0.1, 0.15) is 12.0 Å². The maximum atomic E-state index is 11.9. The third-order valence-corrected chi connectivity index (χ3v) is 3.33. The molecule has 0 radical (unpaired) electrons. The van der Waals surface area contributed by atoms with Crippen LogP contribution in [0.25, 0.3) is 0 Å². The minimum atomic E-state index is -0.912. The number of nitrogens with zero attached hydrogens (tertiary/aromatic N) is 1. The van der Waals surface area contributed by atoms with Crippen molar-refractivity contribution in [2.75, 3.05) is 25.2 Å². The Labute approximate surface area is 111 Å². The fourth-order valence-electron chi connectivity index (χ4n) is 2.30. The Hall–Kier alpha value is -1.88. The molecule has 1 fully saturated rings. The summed E-state index contributed by atoms with van der Waals surface area (Å²) in [5.74, 6) is -1.65. The topological polar surface area (TPSA) is 66.8 Å². The first-order valence-electron chi connectivity index (χ1n) is 6.23. The van der Waals surface area contributed by atoms with Gasteiger partial charge >= 0.3 is 5.97 Å². The number of ether oxygens (including phenoxy) is 1. The quantitative estimate of drug-likeness (QED) is 0.870. The van der Waals surface area contributed by atoms with E-state index in [1.165, 1.54) is 0 Å². The molecule has 1 N–H and O–H groups in total. The molecule has 1 aromatic rings. The molecule has 0 spiro atoms. The van der Waals surface area contributed by atoms with Gasteiger partial charge in [-0.25, -0.2) is 0 Å². The Kier molecular flexibility index (Phi) is 4.16. The number of benzene rings is 1. The summed E-state index contributed by atoms with van der Waals surface area (Å²) < 4.78 is 5.05. The zero-order chi connectivity index (χ0) is 13.8. The van der Waals surface area contributed by atoms with Crippen molar-refractivity contribution in [3.8, 4) is 0 Å². The molecule has 1 saturated heterocycles. The number of hydrogen-bond donors (Lipinski definition) is 1. The molecule has 5 nitrogen and oxygen atoms in total. The standard InChI is InChI=1S/C14H17NO4/c1-19-7-6-10-4-2-3-5-12(10)15-9-11(14(17)18)8-13(15)16/h2-5,11H,6-9H2,1H3,(H,17,18). The van der Waals surface area contributed by atoms with Crippen molar-refractivity contribution in [2.24, 2.45) is 5.92 Å². The number of carboxylic acid groups (broad SMARTS) is 1. The Morgan fingerprint density at radius 2 is 2.21 bits per heavy atom. The first kappa shape index (κ1) is 13.5. The number of para-hydroxylation sites is 1. The van der Waals surface area contributed by atoms with Gasteiger partial charge in [-0.05, 0) is 18.1 Å². The van der Waals surface area contributed by atoms with Gasteiger partial charge in [-0.15, -0.1) is 0 Å². The van der Waals surface area contributed by atoms with Crippen LogP contribution in [0.15, 0.2) is 24.3 Å². The van der Waals surface area contributed by atoms with Crippen LogP contribution in [-0.2, 0) is 20.7 Å². The second kappa shape index (κ2) is 5.84. The van der Waals surface area contributed by atoms with Gasteiger partial charge in [0.05, 0.1) is 12.5 Å². The SMILES string of the molecule is COCCc1ccccc1N1CC(C(=O)O)CC1=O. The predicted octanol–water partition coefficient (Wildman–Crippen LogP) is 1.31. The molecule has 1 aliphatic rings. The third-order valence-electron chi connectivity index (χ3n) is 3.33. The van der Waals surface area contributed by atoms with Crippen LogP contribution in [0.5, 0.6) is 0 Å². The van der Waals surface area contributed by atoms with Gasteiger partial charge in [0.2, 0.25) is 5.91 Å². The monoisotopic (exact) mass is 263 g/mol. The molecule has 1 unspecified atom stereocenters. The second-order valence-corrected chi connectivity index (χ2v) is 4.62. The zero-order valence-corrected chi connectivity index (χ0v) is 10.8. The van der Waals surface area contributed by atoms with Crippen molar-refractivity contribution in [2.45, 2.75) is 12.8 Å². The number of amides is 1. The smallest absolute Gasteiger partial charge is 0.308 e. The summed E-state index contributed by atoms with van der Waals surface area (Å²) >= 11 is 0. The number of rotatable bonds is 5. The second-order valence-electron chi connectivity index (χ2n) is 4.62. The van der Waals surface area contributed by atoms with E-state index < -0.39 is 11.9 Å².